The number of nitrogens with two attached hydrogens (primary N) is 1. The first-order valence-corrected chi connectivity index (χ1v) is 6.30. The molecule has 1 saturated heterocycles. The second-order valence-corrected chi connectivity index (χ2v) is 4.28. The molecule has 3 N–H and O–H groups in total. The molecule has 0 bridgehead atoms. The molecule has 1 fully saturated rings. The highest BCUT2D eigenvalue weighted by molar-refractivity contribution is 5.93. The summed E-state index contributed by atoms with van der Waals surface area (Å²) in [6.45, 7) is 2.22. The zero-order valence-corrected chi connectivity index (χ0v) is 11.0. The average molecular weight is 279 g/mol. The highest BCUT2D eigenvalue weighted by atomic mass is 16.5. The van der Waals surface area contributed by atoms with Crippen LogP contribution in [0.2, 0.25) is 0 Å². The second-order valence-electron chi connectivity index (χ2n) is 4.28. The summed E-state index contributed by atoms with van der Waals surface area (Å²) in [5.74, 6) is 5.31. The average Bonchev–Trinajstić information content (AvgIpc) is 2.49. The Labute approximate surface area is 116 Å². The number of hydrogen-bond donors (Lipinski definition) is 2. The van der Waals surface area contributed by atoms with E-state index in [1.54, 1.807) is 29.2 Å². The second kappa shape index (κ2) is 6.88. The van der Waals surface area contributed by atoms with Crippen molar-refractivity contribution in [1.29, 1.82) is 0 Å². The molecule has 1 heterocycles. The maximum atomic E-state index is 11.5. The molecule has 1 aliphatic rings. The normalized spacial score (nSPS) is 15.1. The Hall–Kier alpha value is -2.12. The van der Waals surface area contributed by atoms with E-state index < -0.39 is 0 Å². The zero-order valence-electron chi connectivity index (χ0n) is 11.0. The van der Waals surface area contributed by atoms with Crippen molar-refractivity contribution in [2.45, 2.75) is 0 Å². The van der Waals surface area contributed by atoms with Gasteiger partial charge in [-0.15, -0.1) is 0 Å². The number of amides is 2. The number of rotatable bonds is 5. The first-order chi connectivity index (χ1) is 9.70. The fraction of sp³-hybridized carbons (Fsp3) is 0.385. The summed E-state index contributed by atoms with van der Waals surface area (Å²) in [4.78, 5) is 24.4. The number of nitrogen functional groups attached to an aromatic ring is 1. The summed E-state index contributed by atoms with van der Waals surface area (Å²) in [5.41, 5.74) is 2.52. The van der Waals surface area contributed by atoms with Crippen molar-refractivity contribution >= 4 is 11.8 Å². The molecule has 2 rings (SSSR count). The molecule has 2 amide bonds. The molecule has 1 aliphatic heterocycles. The third-order valence-electron chi connectivity index (χ3n) is 2.96. The van der Waals surface area contributed by atoms with Crippen LogP contribution in [0.15, 0.2) is 24.3 Å². The minimum atomic E-state index is -0.351. The number of carbonyl (C=O) groups excluding carboxylic acids is 2. The first-order valence-electron chi connectivity index (χ1n) is 6.30. The maximum absolute atomic E-state index is 11.5. The van der Waals surface area contributed by atoms with Crippen molar-refractivity contribution in [2.24, 2.45) is 5.84 Å². The lowest BCUT2D eigenvalue weighted by atomic mass is 10.2. The number of hydrogen-bond acceptors (Lipinski definition) is 5. The van der Waals surface area contributed by atoms with Crippen LogP contribution >= 0.6 is 0 Å². The molecule has 7 heteroatoms. The van der Waals surface area contributed by atoms with Crippen LogP contribution in [0.25, 0.3) is 0 Å². The van der Waals surface area contributed by atoms with Crippen LogP contribution in [0.5, 0.6) is 5.75 Å². The van der Waals surface area contributed by atoms with Crippen LogP contribution in [-0.2, 0) is 9.53 Å². The lowest BCUT2D eigenvalue weighted by molar-refractivity contribution is -0.143. The van der Waals surface area contributed by atoms with Gasteiger partial charge in [-0.3, -0.25) is 15.0 Å². The molecule has 0 saturated carbocycles. The summed E-state index contributed by atoms with van der Waals surface area (Å²) >= 11 is 0. The van der Waals surface area contributed by atoms with E-state index >= 15 is 0 Å². The molecular formula is C13H17N3O4. The fourth-order valence-corrected chi connectivity index (χ4v) is 1.85. The molecule has 7 nitrogen and oxygen atoms in total. The van der Waals surface area contributed by atoms with Crippen molar-refractivity contribution in [3.05, 3.63) is 29.8 Å². The number of benzene rings is 1. The lowest BCUT2D eigenvalue weighted by Crippen LogP contribution is -2.43. The van der Waals surface area contributed by atoms with E-state index in [2.05, 4.69) is 5.43 Å². The smallest absolute Gasteiger partial charge is 0.265 e. The van der Waals surface area contributed by atoms with E-state index in [9.17, 15) is 9.59 Å². The van der Waals surface area contributed by atoms with Crippen molar-refractivity contribution < 1.29 is 19.1 Å². The van der Waals surface area contributed by atoms with Gasteiger partial charge in [-0.25, -0.2) is 5.84 Å². The molecule has 0 spiro atoms. The van der Waals surface area contributed by atoms with Crippen LogP contribution in [-0.4, -0.2) is 49.6 Å². The summed E-state index contributed by atoms with van der Waals surface area (Å²) in [6.07, 6.45) is 0. The summed E-state index contributed by atoms with van der Waals surface area (Å²) in [7, 11) is 0. The fourth-order valence-electron chi connectivity index (χ4n) is 1.85. The first kappa shape index (κ1) is 14.3. The summed E-state index contributed by atoms with van der Waals surface area (Å²) < 4.78 is 10.6. The predicted molar refractivity (Wildman–Crippen MR) is 71.0 cm³/mol. The van der Waals surface area contributed by atoms with Crippen molar-refractivity contribution in [1.82, 2.24) is 10.3 Å². The molecule has 20 heavy (non-hydrogen) atoms. The van der Waals surface area contributed by atoms with Gasteiger partial charge in [0, 0.05) is 12.1 Å². The number of ether oxygens (including phenoxy) is 2. The minimum Gasteiger partial charge on any atom is -0.492 e. The molecule has 0 radical (unpaired) electrons. The third-order valence-corrected chi connectivity index (χ3v) is 2.96. The predicted octanol–water partition coefficient (Wildman–Crippen LogP) is -0.472. The van der Waals surface area contributed by atoms with Gasteiger partial charge in [0.15, 0.2) is 0 Å². The van der Waals surface area contributed by atoms with Gasteiger partial charge in [0.25, 0.3) is 5.91 Å². The van der Waals surface area contributed by atoms with Gasteiger partial charge in [-0.1, -0.05) is 0 Å². The molecule has 108 valence electrons. The van der Waals surface area contributed by atoms with Crippen LogP contribution in [0.1, 0.15) is 10.4 Å². The van der Waals surface area contributed by atoms with Gasteiger partial charge in [0.2, 0.25) is 5.91 Å². The Morgan fingerprint density at radius 2 is 2.15 bits per heavy atom. The van der Waals surface area contributed by atoms with E-state index in [-0.39, 0.29) is 18.4 Å². The van der Waals surface area contributed by atoms with Crippen molar-refractivity contribution in [3.63, 3.8) is 0 Å². The van der Waals surface area contributed by atoms with Gasteiger partial charge < -0.3 is 14.4 Å². The highest BCUT2D eigenvalue weighted by Crippen LogP contribution is 2.12. The monoisotopic (exact) mass is 279 g/mol. The third kappa shape index (κ3) is 3.69. The van der Waals surface area contributed by atoms with Crippen LogP contribution in [0.3, 0.4) is 0 Å². The molecular weight excluding hydrogens is 262 g/mol. The molecule has 0 aromatic heterocycles. The minimum absolute atomic E-state index is 0.0187. The summed E-state index contributed by atoms with van der Waals surface area (Å²) in [6, 6.07) is 6.62. The molecule has 0 aliphatic carbocycles. The molecule has 1 aromatic rings. The van der Waals surface area contributed by atoms with Gasteiger partial charge >= 0.3 is 0 Å². The Kier molecular flexibility index (Phi) is 4.91. The topological polar surface area (TPSA) is 93.9 Å². The number of nitrogens with zero attached hydrogens (tertiary/aromatic N) is 1. The van der Waals surface area contributed by atoms with E-state index in [0.717, 1.165) is 0 Å². The van der Waals surface area contributed by atoms with Crippen molar-refractivity contribution in [2.75, 3.05) is 32.9 Å². The molecule has 0 atom stereocenters. The largest absolute Gasteiger partial charge is 0.492 e. The van der Waals surface area contributed by atoms with Crippen molar-refractivity contribution in [3.8, 4) is 5.75 Å². The molecule has 1 aromatic carbocycles. The van der Waals surface area contributed by atoms with E-state index in [1.165, 1.54) is 0 Å². The SMILES string of the molecule is NNC(=O)c1ccc(OCCN2CCOCC2=O)cc1. The van der Waals surface area contributed by atoms with Gasteiger partial charge in [-0.05, 0) is 24.3 Å². The Morgan fingerprint density at radius 3 is 2.80 bits per heavy atom. The maximum Gasteiger partial charge on any atom is 0.265 e. The van der Waals surface area contributed by atoms with E-state index in [1.807, 2.05) is 0 Å². The van der Waals surface area contributed by atoms with Gasteiger partial charge in [-0.2, -0.15) is 0 Å². The number of carbonyl (C=O) groups is 2. The quantitative estimate of drug-likeness (QED) is 0.431. The number of nitrogens with one attached hydrogen (secondary N) is 1. The Balaban J connectivity index is 1.79. The van der Waals surface area contributed by atoms with Gasteiger partial charge in [0.05, 0.1) is 13.2 Å². The van der Waals surface area contributed by atoms with E-state index in [0.29, 0.717) is 37.6 Å². The van der Waals surface area contributed by atoms with Gasteiger partial charge in [0.1, 0.15) is 19.0 Å². The van der Waals surface area contributed by atoms with E-state index in [4.69, 9.17) is 15.3 Å². The van der Waals surface area contributed by atoms with Crippen LogP contribution in [0, 0.1) is 0 Å². The van der Waals surface area contributed by atoms with Crippen LogP contribution < -0.4 is 16.0 Å². The van der Waals surface area contributed by atoms with Crippen LogP contribution in [0.4, 0.5) is 0 Å². The lowest BCUT2D eigenvalue weighted by Gasteiger charge is -2.26. The highest BCUT2D eigenvalue weighted by Gasteiger charge is 2.17. The Morgan fingerprint density at radius 1 is 1.40 bits per heavy atom. The molecule has 0 unspecified atom stereocenters. The standard InChI is InChI=1S/C13H17N3O4/c14-15-13(18)10-1-3-11(4-2-10)20-8-6-16-5-7-19-9-12(16)17/h1-4H,5-9,14H2,(H,15,18). The zero-order chi connectivity index (χ0) is 14.4. The number of morpholine rings is 1. The number of hydrazine groups is 1. The Bertz CT molecular complexity index is 475. The summed E-state index contributed by atoms with van der Waals surface area (Å²) in [5, 5.41) is 0.